The fourth-order valence-corrected chi connectivity index (χ4v) is 2.29. The summed E-state index contributed by atoms with van der Waals surface area (Å²) < 4.78 is 0. The van der Waals surface area contributed by atoms with Crippen LogP contribution in [0.25, 0.3) is 10.9 Å². The summed E-state index contributed by atoms with van der Waals surface area (Å²) in [6.07, 6.45) is 5.31. The van der Waals surface area contributed by atoms with Crippen LogP contribution in [0.1, 0.15) is 29.6 Å². The molecule has 0 atom stereocenters. The van der Waals surface area contributed by atoms with Gasteiger partial charge in [0, 0.05) is 24.0 Å². The number of nitrogens with zero attached hydrogens (tertiary/aromatic N) is 2. The van der Waals surface area contributed by atoms with Gasteiger partial charge in [-0.05, 0) is 25.0 Å². The first-order valence-electron chi connectivity index (χ1n) is 6.32. The Balaban J connectivity index is 1.74. The van der Waals surface area contributed by atoms with E-state index in [-0.39, 0.29) is 5.91 Å². The van der Waals surface area contributed by atoms with Crippen LogP contribution in [0.15, 0.2) is 24.4 Å². The summed E-state index contributed by atoms with van der Waals surface area (Å²) in [6.45, 7) is 1.89. The van der Waals surface area contributed by atoms with Crippen molar-refractivity contribution in [1.82, 2.24) is 20.6 Å². The van der Waals surface area contributed by atoms with Crippen LogP contribution >= 0.6 is 0 Å². The van der Waals surface area contributed by atoms with E-state index in [1.807, 2.05) is 23.2 Å². The minimum absolute atomic E-state index is 0.0478. The molecule has 0 bridgehead atoms. The topological polar surface area (TPSA) is 61.0 Å². The van der Waals surface area contributed by atoms with Crippen molar-refractivity contribution in [3.63, 3.8) is 0 Å². The van der Waals surface area contributed by atoms with Crippen LogP contribution in [0.2, 0.25) is 0 Å². The molecule has 94 valence electrons. The van der Waals surface area contributed by atoms with E-state index >= 15 is 0 Å². The number of carbonyl (C=O) groups is 1. The summed E-state index contributed by atoms with van der Waals surface area (Å²) in [5, 5.41) is 9.85. The number of carbonyl (C=O) groups excluding carboxylic acids is 1. The monoisotopic (exact) mass is 244 g/mol. The highest BCUT2D eigenvalue weighted by molar-refractivity contribution is 5.97. The van der Waals surface area contributed by atoms with E-state index < -0.39 is 0 Å². The molecule has 2 N–H and O–H groups in total. The van der Waals surface area contributed by atoms with Crippen LogP contribution < -0.4 is 5.43 Å². The largest absolute Gasteiger partial charge is 0.285 e. The molecule has 18 heavy (non-hydrogen) atoms. The lowest BCUT2D eigenvalue weighted by molar-refractivity contribution is 0.0750. The van der Waals surface area contributed by atoms with Gasteiger partial charge in [-0.3, -0.25) is 15.3 Å². The number of aromatic nitrogens is 2. The van der Waals surface area contributed by atoms with Gasteiger partial charge >= 0.3 is 0 Å². The third-order valence-corrected chi connectivity index (χ3v) is 3.32. The molecule has 2 aromatic rings. The Hall–Kier alpha value is -1.88. The SMILES string of the molecule is O=C(NN1CCCCC1)c1ccc2cn[nH]c2c1. The summed E-state index contributed by atoms with van der Waals surface area (Å²) in [6, 6.07) is 5.57. The number of hydrogen-bond donors (Lipinski definition) is 2. The minimum atomic E-state index is -0.0478. The molecule has 0 unspecified atom stereocenters. The summed E-state index contributed by atoms with van der Waals surface area (Å²) >= 11 is 0. The lowest BCUT2D eigenvalue weighted by Crippen LogP contribution is -2.45. The number of fused-ring (bicyclic) bond motifs is 1. The van der Waals surface area contributed by atoms with Gasteiger partial charge in [-0.25, -0.2) is 5.01 Å². The normalized spacial score (nSPS) is 16.9. The zero-order chi connectivity index (χ0) is 12.4. The van der Waals surface area contributed by atoms with Gasteiger partial charge in [0.15, 0.2) is 0 Å². The number of nitrogens with one attached hydrogen (secondary N) is 2. The number of aromatic amines is 1. The highest BCUT2D eigenvalue weighted by atomic mass is 16.2. The first kappa shape index (κ1) is 11.2. The van der Waals surface area contributed by atoms with Crippen molar-refractivity contribution in [3.8, 4) is 0 Å². The number of H-pyrrole nitrogens is 1. The molecule has 1 fully saturated rings. The molecule has 5 heteroatoms. The van der Waals surface area contributed by atoms with Gasteiger partial charge < -0.3 is 0 Å². The predicted molar refractivity (Wildman–Crippen MR) is 69.0 cm³/mol. The standard InChI is InChI=1S/C13H16N4O/c18-13(16-17-6-2-1-3-7-17)10-4-5-11-9-14-15-12(11)8-10/h4-5,8-9H,1-3,6-7H2,(H,14,15)(H,16,18). The molecule has 0 radical (unpaired) electrons. The van der Waals surface area contributed by atoms with Crippen molar-refractivity contribution in [2.24, 2.45) is 0 Å². The number of benzene rings is 1. The molecule has 1 amide bonds. The second kappa shape index (κ2) is 4.78. The smallest absolute Gasteiger partial charge is 0.265 e. The predicted octanol–water partition coefficient (Wildman–Crippen LogP) is 1.69. The second-order valence-electron chi connectivity index (χ2n) is 4.66. The van der Waals surface area contributed by atoms with Gasteiger partial charge in [0.25, 0.3) is 5.91 Å². The zero-order valence-corrected chi connectivity index (χ0v) is 10.1. The van der Waals surface area contributed by atoms with E-state index in [1.165, 1.54) is 6.42 Å². The van der Waals surface area contributed by atoms with E-state index in [4.69, 9.17) is 0 Å². The molecule has 2 heterocycles. The summed E-state index contributed by atoms with van der Waals surface area (Å²) in [7, 11) is 0. The van der Waals surface area contributed by atoms with Gasteiger partial charge in [-0.2, -0.15) is 5.10 Å². The molecule has 1 aromatic heterocycles. The van der Waals surface area contributed by atoms with Crippen LogP contribution in [0, 0.1) is 0 Å². The molecule has 1 aliphatic heterocycles. The summed E-state index contributed by atoms with van der Waals surface area (Å²) in [4.78, 5) is 12.1. The minimum Gasteiger partial charge on any atom is -0.285 e. The van der Waals surface area contributed by atoms with Crippen molar-refractivity contribution >= 4 is 16.8 Å². The fraction of sp³-hybridized carbons (Fsp3) is 0.385. The van der Waals surface area contributed by atoms with E-state index in [1.54, 1.807) is 6.20 Å². The van der Waals surface area contributed by atoms with Gasteiger partial charge in [-0.15, -0.1) is 0 Å². The quantitative estimate of drug-likeness (QED) is 0.845. The second-order valence-corrected chi connectivity index (χ2v) is 4.66. The Morgan fingerprint density at radius 3 is 2.94 bits per heavy atom. The van der Waals surface area contributed by atoms with E-state index in [9.17, 15) is 4.79 Å². The van der Waals surface area contributed by atoms with Crippen LogP contribution in [0.3, 0.4) is 0 Å². The summed E-state index contributed by atoms with van der Waals surface area (Å²) in [5.74, 6) is -0.0478. The van der Waals surface area contributed by atoms with Crippen LogP contribution in [0.5, 0.6) is 0 Å². The first-order chi connectivity index (χ1) is 8.83. The van der Waals surface area contributed by atoms with Gasteiger partial charge in [0.1, 0.15) is 0 Å². The Labute approximate surface area is 105 Å². The molecule has 0 saturated carbocycles. The third kappa shape index (κ3) is 2.22. The molecule has 0 aliphatic carbocycles. The van der Waals surface area contributed by atoms with Crippen molar-refractivity contribution in [3.05, 3.63) is 30.0 Å². The van der Waals surface area contributed by atoms with Gasteiger partial charge in [0.05, 0.1) is 11.7 Å². The number of rotatable bonds is 2. The van der Waals surface area contributed by atoms with Crippen LogP contribution in [-0.2, 0) is 0 Å². The first-order valence-corrected chi connectivity index (χ1v) is 6.32. The highest BCUT2D eigenvalue weighted by Gasteiger charge is 2.14. The lowest BCUT2D eigenvalue weighted by atomic mass is 10.1. The molecule has 1 aliphatic rings. The Morgan fingerprint density at radius 1 is 1.28 bits per heavy atom. The third-order valence-electron chi connectivity index (χ3n) is 3.32. The van der Waals surface area contributed by atoms with Gasteiger partial charge in [-0.1, -0.05) is 12.5 Å². The Kier molecular flexibility index (Phi) is 2.98. The maximum atomic E-state index is 12.1. The Morgan fingerprint density at radius 2 is 2.11 bits per heavy atom. The van der Waals surface area contributed by atoms with Crippen molar-refractivity contribution in [1.29, 1.82) is 0 Å². The van der Waals surface area contributed by atoms with E-state index in [0.717, 1.165) is 36.8 Å². The van der Waals surface area contributed by atoms with Crippen LogP contribution in [0.4, 0.5) is 0 Å². The lowest BCUT2D eigenvalue weighted by Gasteiger charge is -2.26. The number of piperidine rings is 1. The van der Waals surface area contributed by atoms with E-state index in [0.29, 0.717) is 5.56 Å². The van der Waals surface area contributed by atoms with Crippen molar-refractivity contribution < 1.29 is 4.79 Å². The molecule has 5 nitrogen and oxygen atoms in total. The van der Waals surface area contributed by atoms with E-state index in [2.05, 4.69) is 15.6 Å². The Bertz CT molecular complexity index is 557. The van der Waals surface area contributed by atoms with Crippen LogP contribution in [-0.4, -0.2) is 34.2 Å². The van der Waals surface area contributed by atoms with Gasteiger partial charge in [0.2, 0.25) is 0 Å². The molecule has 1 saturated heterocycles. The number of amides is 1. The molecule has 0 spiro atoms. The number of hydrogen-bond acceptors (Lipinski definition) is 3. The fourth-order valence-electron chi connectivity index (χ4n) is 2.29. The average molecular weight is 244 g/mol. The zero-order valence-electron chi connectivity index (χ0n) is 10.1. The maximum absolute atomic E-state index is 12.1. The van der Waals surface area contributed by atoms with Crippen molar-refractivity contribution in [2.75, 3.05) is 13.1 Å². The molecule has 3 rings (SSSR count). The number of hydrazine groups is 1. The molecular weight excluding hydrogens is 228 g/mol. The maximum Gasteiger partial charge on any atom is 0.265 e. The van der Waals surface area contributed by atoms with Crippen molar-refractivity contribution in [2.45, 2.75) is 19.3 Å². The molecular formula is C13H16N4O. The molecule has 1 aromatic carbocycles. The highest BCUT2D eigenvalue weighted by Crippen LogP contribution is 2.13. The average Bonchev–Trinajstić information content (AvgIpc) is 2.87. The summed E-state index contributed by atoms with van der Waals surface area (Å²) in [5.41, 5.74) is 4.51.